The second-order valence-electron chi connectivity index (χ2n) is 3.69. The van der Waals surface area contributed by atoms with Crippen LogP contribution in [-0.4, -0.2) is 8.42 Å². The topological polar surface area (TPSA) is 46.2 Å². The minimum Gasteiger partial charge on any atom is -0.280 e. The zero-order valence-electron chi connectivity index (χ0n) is 9.40. The minimum atomic E-state index is -3.89. The Morgan fingerprint density at radius 1 is 1.00 bits per heavy atom. The summed E-state index contributed by atoms with van der Waals surface area (Å²) in [5.74, 6) is -1.19. The van der Waals surface area contributed by atoms with Gasteiger partial charge in [0.15, 0.2) is 0 Å². The van der Waals surface area contributed by atoms with Crippen molar-refractivity contribution >= 4 is 27.3 Å². The Morgan fingerprint density at radius 2 is 1.63 bits per heavy atom. The lowest BCUT2D eigenvalue weighted by molar-refractivity contribution is 0.599. The molecule has 0 heterocycles. The van der Waals surface area contributed by atoms with Crippen molar-refractivity contribution in [2.45, 2.75) is 4.90 Å². The number of hydrogen-bond donors (Lipinski definition) is 1. The molecule has 0 bridgehead atoms. The number of sulfonamides is 1. The summed E-state index contributed by atoms with van der Waals surface area (Å²) in [4.78, 5) is -0.178. The first-order valence-electron chi connectivity index (χ1n) is 5.12. The molecule has 19 heavy (non-hydrogen) atoms. The molecule has 0 radical (unpaired) electrons. The van der Waals surface area contributed by atoms with Crippen LogP contribution in [0.3, 0.4) is 0 Å². The zero-order chi connectivity index (χ0) is 14.0. The summed E-state index contributed by atoms with van der Waals surface area (Å²) in [6.07, 6.45) is 0. The standard InChI is InChI=1S/C12H8ClF2NO2S/c13-11-7-10(5-6-12(11)15)19(17,18)16-9-3-1-8(14)2-4-9/h1-7,16H. The molecule has 3 nitrogen and oxygen atoms in total. The molecule has 0 saturated carbocycles. The number of halogens is 3. The van der Waals surface area contributed by atoms with Gasteiger partial charge < -0.3 is 0 Å². The van der Waals surface area contributed by atoms with Gasteiger partial charge in [0.25, 0.3) is 10.0 Å². The van der Waals surface area contributed by atoms with Gasteiger partial charge in [0.05, 0.1) is 9.92 Å². The Kier molecular flexibility index (Phi) is 3.73. The first-order chi connectivity index (χ1) is 8.88. The van der Waals surface area contributed by atoms with Gasteiger partial charge in [-0.05, 0) is 42.5 Å². The molecule has 0 saturated heterocycles. The Hall–Kier alpha value is -1.66. The third-order valence-corrected chi connectivity index (χ3v) is 3.97. The predicted octanol–water partition coefficient (Wildman–Crippen LogP) is 3.42. The SMILES string of the molecule is O=S(=O)(Nc1ccc(F)cc1)c1ccc(F)c(Cl)c1. The average molecular weight is 304 g/mol. The third kappa shape index (κ3) is 3.21. The maximum absolute atomic E-state index is 13.0. The van der Waals surface area contributed by atoms with E-state index in [4.69, 9.17) is 11.6 Å². The molecule has 1 N–H and O–H groups in total. The van der Waals surface area contributed by atoms with E-state index in [-0.39, 0.29) is 15.6 Å². The molecule has 0 aromatic heterocycles. The zero-order valence-corrected chi connectivity index (χ0v) is 11.0. The van der Waals surface area contributed by atoms with Crippen molar-refractivity contribution in [3.8, 4) is 0 Å². The Balaban J connectivity index is 2.32. The highest BCUT2D eigenvalue weighted by Gasteiger charge is 2.15. The molecule has 0 aliphatic heterocycles. The lowest BCUT2D eigenvalue weighted by atomic mass is 10.3. The van der Waals surface area contributed by atoms with Crippen LogP contribution >= 0.6 is 11.6 Å². The van der Waals surface area contributed by atoms with Gasteiger partial charge in [-0.25, -0.2) is 17.2 Å². The summed E-state index contributed by atoms with van der Waals surface area (Å²) in [6.45, 7) is 0. The highest BCUT2D eigenvalue weighted by Crippen LogP contribution is 2.21. The molecule has 0 spiro atoms. The van der Waals surface area contributed by atoms with E-state index in [0.29, 0.717) is 0 Å². The van der Waals surface area contributed by atoms with Gasteiger partial charge >= 0.3 is 0 Å². The van der Waals surface area contributed by atoms with Crippen molar-refractivity contribution in [3.05, 3.63) is 59.1 Å². The fourth-order valence-electron chi connectivity index (χ4n) is 1.38. The van der Waals surface area contributed by atoms with Crippen molar-refractivity contribution in [2.75, 3.05) is 4.72 Å². The molecule has 2 aromatic rings. The number of rotatable bonds is 3. The Labute approximate surface area is 113 Å². The summed E-state index contributed by atoms with van der Waals surface area (Å²) in [5.41, 5.74) is 0.196. The van der Waals surface area contributed by atoms with Crippen molar-refractivity contribution in [1.82, 2.24) is 0 Å². The molecule has 0 atom stereocenters. The van der Waals surface area contributed by atoms with Gasteiger partial charge in [0.2, 0.25) is 0 Å². The van der Waals surface area contributed by atoms with Crippen LogP contribution in [0.15, 0.2) is 47.4 Å². The predicted molar refractivity (Wildman–Crippen MR) is 68.6 cm³/mol. The molecule has 0 aliphatic carbocycles. The van der Waals surface area contributed by atoms with E-state index < -0.39 is 21.7 Å². The fraction of sp³-hybridized carbons (Fsp3) is 0. The van der Waals surface area contributed by atoms with Gasteiger partial charge in [-0.15, -0.1) is 0 Å². The minimum absolute atomic E-state index is 0.178. The summed E-state index contributed by atoms with van der Waals surface area (Å²) in [7, 11) is -3.89. The monoisotopic (exact) mass is 303 g/mol. The van der Waals surface area contributed by atoms with Crippen molar-refractivity contribution in [2.24, 2.45) is 0 Å². The molecule has 0 aliphatic rings. The van der Waals surface area contributed by atoms with Crippen LogP contribution in [0.25, 0.3) is 0 Å². The van der Waals surface area contributed by atoms with Crippen LogP contribution in [0.4, 0.5) is 14.5 Å². The maximum atomic E-state index is 13.0. The van der Waals surface area contributed by atoms with E-state index in [9.17, 15) is 17.2 Å². The first kappa shape index (κ1) is 13.8. The van der Waals surface area contributed by atoms with Gasteiger partial charge in [0.1, 0.15) is 11.6 Å². The average Bonchev–Trinajstić information content (AvgIpc) is 2.35. The molecule has 0 unspecified atom stereocenters. The maximum Gasteiger partial charge on any atom is 0.261 e. The van der Waals surface area contributed by atoms with E-state index in [1.54, 1.807) is 0 Å². The fourth-order valence-corrected chi connectivity index (χ4v) is 2.71. The van der Waals surface area contributed by atoms with Crippen LogP contribution in [0.1, 0.15) is 0 Å². The summed E-state index contributed by atoms with van der Waals surface area (Å²) in [5, 5.41) is -0.290. The smallest absolute Gasteiger partial charge is 0.261 e. The van der Waals surface area contributed by atoms with Crippen LogP contribution in [-0.2, 0) is 10.0 Å². The van der Waals surface area contributed by atoms with Crippen molar-refractivity contribution < 1.29 is 17.2 Å². The van der Waals surface area contributed by atoms with E-state index in [2.05, 4.69) is 4.72 Å². The van der Waals surface area contributed by atoms with Gasteiger partial charge in [-0.2, -0.15) is 0 Å². The van der Waals surface area contributed by atoms with Gasteiger partial charge in [-0.3, -0.25) is 4.72 Å². The third-order valence-electron chi connectivity index (χ3n) is 2.30. The number of anilines is 1. The largest absolute Gasteiger partial charge is 0.280 e. The molecule has 2 rings (SSSR count). The lowest BCUT2D eigenvalue weighted by Gasteiger charge is -2.08. The quantitative estimate of drug-likeness (QED) is 0.944. The van der Waals surface area contributed by atoms with Gasteiger partial charge in [-0.1, -0.05) is 11.6 Å². The lowest BCUT2D eigenvalue weighted by Crippen LogP contribution is -2.13. The van der Waals surface area contributed by atoms with Crippen LogP contribution < -0.4 is 4.72 Å². The molecule has 2 aromatic carbocycles. The van der Waals surface area contributed by atoms with Crippen LogP contribution in [0, 0.1) is 11.6 Å². The van der Waals surface area contributed by atoms with E-state index in [0.717, 1.165) is 30.3 Å². The highest BCUT2D eigenvalue weighted by molar-refractivity contribution is 7.92. The molecule has 7 heteroatoms. The normalized spacial score (nSPS) is 11.3. The van der Waals surface area contributed by atoms with E-state index in [1.807, 2.05) is 0 Å². The number of hydrogen-bond acceptors (Lipinski definition) is 2. The molecule has 0 amide bonds. The molecule has 100 valence electrons. The Bertz CT molecular complexity index is 702. The molecule has 0 fully saturated rings. The second-order valence-corrected chi connectivity index (χ2v) is 5.78. The highest BCUT2D eigenvalue weighted by atomic mass is 35.5. The summed E-state index contributed by atoms with van der Waals surface area (Å²) < 4.78 is 51.8. The van der Waals surface area contributed by atoms with Gasteiger partial charge in [0, 0.05) is 5.69 Å². The van der Waals surface area contributed by atoms with Crippen LogP contribution in [0.2, 0.25) is 5.02 Å². The van der Waals surface area contributed by atoms with E-state index in [1.165, 1.54) is 12.1 Å². The van der Waals surface area contributed by atoms with Crippen LogP contribution in [0.5, 0.6) is 0 Å². The molecular weight excluding hydrogens is 296 g/mol. The summed E-state index contributed by atoms with van der Waals surface area (Å²) in [6, 6.07) is 7.85. The summed E-state index contributed by atoms with van der Waals surface area (Å²) >= 11 is 5.53. The second kappa shape index (κ2) is 5.14. The van der Waals surface area contributed by atoms with Crippen molar-refractivity contribution in [3.63, 3.8) is 0 Å². The van der Waals surface area contributed by atoms with Crippen molar-refractivity contribution in [1.29, 1.82) is 0 Å². The number of nitrogens with one attached hydrogen (secondary N) is 1. The Morgan fingerprint density at radius 3 is 2.21 bits per heavy atom. The first-order valence-corrected chi connectivity index (χ1v) is 6.98. The molecular formula is C12H8ClF2NO2S. The number of benzene rings is 2. The van der Waals surface area contributed by atoms with E-state index >= 15 is 0 Å².